The summed E-state index contributed by atoms with van der Waals surface area (Å²) in [6.45, 7) is 1.82. The number of nitrogens with zero attached hydrogens (tertiary/aromatic N) is 1. The minimum atomic E-state index is -0.525. The average molecular weight is 308 g/mol. The minimum absolute atomic E-state index is 0.0394. The lowest BCUT2D eigenvalue weighted by Gasteiger charge is -2.10. The molecule has 0 saturated heterocycles. The summed E-state index contributed by atoms with van der Waals surface area (Å²) < 4.78 is 5.69. The maximum absolute atomic E-state index is 10.8. The number of rotatable bonds is 5. The Balaban J connectivity index is 2.23. The molecule has 0 aliphatic heterocycles. The highest BCUT2D eigenvalue weighted by molar-refractivity contribution is 6.32. The smallest absolute Gasteiger partial charge is 0.288 e. The van der Waals surface area contributed by atoms with Gasteiger partial charge in [0.25, 0.3) is 5.69 Å². The Labute approximate surface area is 126 Å². The van der Waals surface area contributed by atoms with Crippen LogP contribution in [0.5, 0.6) is 11.5 Å². The van der Waals surface area contributed by atoms with Gasteiger partial charge in [0, 0.05) is 18.7 Å². The van der Waals surface area contributed by atoms with Crippen LogP contribution in [-0.4, -0.2) is 16.6 Å². The lowest BCUT2D eigenvalue weighted by atomic mass is 10.1. The van der Waals surface area contributed by atoms with Crippen LogP contribution in [0, 0.1) is 17.0 Å². The van der Waals surface area contributed by atoms with Crippen LogP contribution in [0.15, 0.2) is 36.4 Å². The van der Waals surface area contributed by atoms with Gasteiger partial charge in [0.05, 0.1) is 4.92 Å². The summed E-state index contributed by atoms with van der Waals surface area (Å²) in [5.74, 6) is 1.07. The number of aliphatic hydroxyl groups excluding tert-OH is 1. The van der Waals surface area contributed by atoms with E-state index >= 15 is 0 Å². The summed E-state index contributed by atoms with van der Waals surface area (Å²) in [7, 11) is 0. The molecular formula is C15H14ClNO4. The molecule has 110 valence electrons. The molecule has 0 radical (unpaired) electrons. The molecular weight excluding hydrogens is 294 g/mol. The van der Waals surface area contributed by atoms with E-state index in [2.05, 4.69) is 0 Å². The molecule has 0 spiro atoms. The van der Waals surface area contributed by atoms with E-state index in [1.807, 2.05) is 12.1 Å². The highest BCUT2D eigenvalue weighted by Crippen LogP contribution is 2.34. The molecule has 0 heterocycles. The number of ether oxygens (including phenoxy) is 1. The van der Waals surface area contributed by atoms with Crippen molar-refractivity contribution in [2.45, 2.75) is 13.3 Å². The Hall–Kier alpha value is -2.11. The van der Waals surface area contributed by atoms with E-state index in [1.165, 1.54) is 12.1 Å². The molecule has 21 heavy (non-hydrogen) atoms. The Kier molecular flexibility index (Phi) is 4.77. The molecule has 0 fully saturated rings. The number of aliphatic hydroxyl groups is 1. The standard InChI is InChI=1S/C15H14ClNO4/c1-10-8-14(17(19)20)13(16)9-15(10)21-12-4-2-11(3-5-12)6-7-18/h2-5,8-9,18H,6-7H2,1H3. The second kappa shape index (κ2) is 6.56. The number of nitro benzene ring substituents is 1. The van der Waals surface area contributed by atoms with Crippen molar-refractivity contribution < 1.29 is 14.8 Å². The fourth-order valence-electron chi connectivity index (χ4n) is 1.88. The van der Waals surface area contributed by atoms with Crippen molar-refractivity contribution in [1.82, 2.24) is 0 Å². The van der Waals surface area contributed by atoms with Gasteiger partial charge in [-0.1, -0.05) is 23.7 Å². The van der Waals surface area contributed by atoms with Gasteiger partial charge in [0.15, 0.2) is 0 Å². The van der Waals surface area contributed by atoms with E-state index in [-0.39, 0.29) is 17.3 Å². The molecule has 2 rings (SSSR count). The van der Waals surface area contributed by atoms with Crippen molar-refractivity contribution in [2.24, 2.45) is 0 Å². The third kappa shape index (κ3) is 3.71. The maximum atomic E-state index is 10.8. The normalized spacial score (nSPS) is 10.4. The number of hydrogen-bond acceptors (Lipinski definition) is 4. The predicted molar refractivity (Wildman–Crippen MR) is 80.1 cm³/mol. The Morgan fingerprint density at radius 2 is 1.95 bits per heavy atom. The molecule has 0 aromatic heterocycles. The zero-order chi connectivity index (χ0) is 15.4. The van der Waals surface area contributed by atoms with Crippen LogP contribution in [0.4, 0.5) is 5.69 Å². The lowest BCUT2D eigenvalue weighted by Crippen LogP contribution is -1.94. The van der Waals surface area contributed by atoms with Crippen molar-refractivity contribution in [3.8, 4) is 11.5 Å². The molecule has 2 aromatic carbocycles. The van der Waals surface area contributed by atoms with Gasteiger partial charge in [-0.15, -0.1) is 0 Å². The first-order chi connectivity index (χ1) is 10.0. The van der Waals surface area contributed by atoms with E-state index in [9.17, 15) is 10.1 Å². The van der Waals surface area contributed by atoms with Gasteiger partial charge < -0.3 is 9.84 Å². The highest BCUT2D eigenvalue weighted by atomic mass is 35.5. The molecule has 0 atom stereocenters. The summed E-state index contributed by atoms with van der Waals surface area (Å²) in [4.78, 5) is 10.3. The van der Waals surface area contributed by atoms with Crippen molar-refractivity contribution >= 4 is 17.3 Å². The van der Waals surface area contributed by atoms with Gasteiger partial charge >= 0.3 is 0 Å². The SMILES string of the molecule is Cc1cc([N+](=O)[O-])c(Cl)cc1Oc1ccc(CCO)cc1. The highest BCUT2D eigenvalue weighted by Gasteiger charge is 2.16. The van der Waals surface area contributed by atoms with Crippen LogP contribution in [0.1, 0.15) is 11.1 Å². The van der Waals surface area contributed by atoms with Crippen molar-refractivity contribution in [1.29, 1.82) is 0 Å². The predicted octanol–water partition coefficient (Wildman–Crippen LogP) is 3.88. The second-order valence-corrected chi connectivity index (χ2v) is 4.95. The van der Waals surface area contributed by atoms with Gasteiger partial charge in [-0.05, 0) is 36.6 Å². The van der Waals surface area contributed by atoms with Gasteiger partial charge in [-0.2, -0.15) is 0 Å². The Morgan fingerprint density at radius 3 is 2.52 bits per heavy atom. The first-order valence-corrected chi connectivity index (χ1v) is 6.71. The van der Waals surface area contributed by atoms with Crippen LogP contribution in [0.3, 0.4) is 0 Å². The molecule has 0 saturated carbocycles. The van der Waals surface area contributed by atoms with Crippen LogP contribution in [-0.2, 0) is 6.42 Å². The molecule has 0 bridgehead atoms. The summed E-state index contributed by atoms with van der Waals surface area (Å²) in [6.07, 6.45) is 0.586. The first-order valence-electron chi connectivity index (χ1n) is 6.33. The summed E-state index contributed by atoms with van der Waals surface area (Å²) >= 11 is 5.88. The summed E-state index contributed by atoms with van der Waals surface area (Å²) in [6, 6.07) is 10.1. The molecule has 6 heteroatoms. The lowest BCUT2D eigenvalue weighted by molar-refractivity contribution is -0.384. The summed E-state index contributed by atoms with van der Waals surface area (Å²) in [5, 5.41) is 19.7. The largest absolute Gasteiger partial charge is 0.457 e. The number of nitro groups is 1. The summed E-state index contributed by atoms with van der Waals surface area (Å²) in [5.41, 5.74) is 1.49. The van der Waals surface area contributed by atoms with Gasteiger partial charge in [0.2, 0.25) is 0 Å². The van der Waals surface area contributed by atoms with E-state index in [4.69, 9.17) is 21.4 Å². The van der Waals surface area contributed by atoms with Crippen LogP contribution < -0.4 is 4.74 Å². The molecule has 5 nitrogen and oxygen atoms in total. The second-order valence-electron chi connectivity index (χ2n) is 4.55. The molecule has 0 amide bonds. The fraction of sp³-hybridized carbons (Fsp3) is 0.200. The Morgan fingerprint density at radius 1 is 1.29 bits per heavy atom. The third-order valence-electron chi connectivity index (χ3n) is 2.99. The van der Waals surface area contributed by atoms with Gasteiger partial charge in [-0.3, -0.25) is 10.1 Å². The number of halogens is 1. The number of hydrogen-bond donors (Lipinski definition) is 1. The van der Waals surface area contributed by atoms with Crippen LogP contribution >= 0.6 is 11.6 Å². The average Bonchev–Trinajstić information content (AvgIpc) is 2.44. The van der Waals surface area contributed by atoms with Gasteiger partial charge in [-0.25, -0.2) is 0 Å². The van der Waals surface area contributed by atoms with Gasteiger partial charge in [0.1, 0.15) is 16.5 Å². The maximum Gasteiger partial charge on any atom is 0.288 e. The van der Waals surface area contributed by atoms with Crippen molar-refractivity contribution in [3.63, 3.8) is 0 Å². The number of aryl methyl sites for hydroxylation is 1. The van der Waals surface area contributed by atoms with E-state index in [0.717, 1.165) is 5.56 Å². The molecule has 0 unspecified atom stereocenters. The third-order valence-corrected chi connectivity index (χ3v) is 3.30. The van der Waals surface area contributed by atoms with Crippen molar-refractivity contribution in [2.75, 3.05) is 6.61 Å². The fourth-order valence-corrected chi connectivity index (χ4v) is 2.10. The topological polar surface area (TPSA) is 72.6 Å². The van der Waals surface area contributed by atoms with E-state index in [0.29, 0.717) is 23.5 Å². The molecule has 0 aliphatic carbocycles. The van der Waals surface area contributed by atoms with Crippen LogP contribution in [0.2, 0.25) is 5.02 Å². The zero-order valence-electron chi connectivity index (χ0n) is 11.4. The van der Waals surface area contributed by atoms with E-state index in [1.54, 1.807) is 19.1 Å². The monoisotopic (exact) mass is 307 g/mol. The quantitative estimate of drug-likeness (QED) is 0.672. The molecule has 0 aliphatic rings. The first kappa shape index (κ1) is 15.3. The minimum Gasteiger partial charge on any atom is -0.457 e. The van der Waals surface area contributed by atoms with Crippen molar-refractivity contribution in [3.05, 3.63) is 62.7 Å². The van der Waals surface area contributed by atoms with E-state index < -0.39 is 4.92 Å². The zero-order valence-corrected chi connectivity index (χ0v) is 12.1. The van der Waals surface area contributed by atoms with Crippen LogP contribution in [0.25, 0.3) is 0 Å². The molecule has 2 aromatic rings. The number of benzene rings is 2. The molecule has 1 N–H and O–H groups in total. The Bertz CT molecular complexity index is 655.